The molecule has 0 saturated carbocycles. The van der Waals surface area contributed by atoms with Gasteiger partial charge in [-0.3, -0.25) is 4.79 Å². The fraction of sp³-hybridized carbons (Fsp3) is 0.766. The Morgan fingerprint density at radius 1 is 0.479 bits per heavy atom. The molecule has 0 radical (unpaired) electrons. The van der Waals surface area contributed by atoms with Crippen LogP contribution < -0.4 is 5.32 Å². The van der Waals surface area contributed by atoms with Crippen molar-refractivity contribution < 1.29 is 39.8 Å². The van der Waals surface area contributed by atoms with Crippen molar-refractivity contribution in [2.24, 2.45) is 0 Å². The highest BCUT2D eigenvalue weighted by Crippen LogP contribution is 2.23. The van der Waals surface area contributed by atoms with E-state index in [2.05, 4.69) is 92.1 Å². The van der Waals surface area contributed by atoms with Gasteiger partial charge >= 0.3 is 0 Å². The highest BCUT2D eigenvalue weighted by molar-refractivity contribution is 5.76. The fourth-order valence-corrected chi connectivity index (χ4v) is 9.20. The summed E-state index contributed by atoms with van der Waals surface area (Å²) in [5, 5.41) is 54.5. The van der Waals surface area contributed by atoms with E-state index in [0.29, 0.717) is 6.42 Å². The normalized spacial score (nSPS) is 19.7. The van der Waals surface area contributed by atoms with Crippen LogP contribution in [0.3, 0.4) is 0 Å². The lowest BCUT2D eigenvalue weighted by Crippen LogP contribution is -2.60. The molecule has 1 heterocycles. The van der Waals surface area contributed by atoms with Gasteiger partial charge in [-0.25, -0.2) is 0 Å². The summed E-state index contributed by atoms with van der Waals surface area (Å²) in [5.41, 5.74) is 0. The second-order valence-electron chi connectivity index (χ2n) is 20.8. The Labute approximate surface area is 448 Å². The van der Waals surface area contributed by atoms with Crippen LogP contribution in [0.1, 0.15) is 258 Å². The third-order valence-corrected chi connectivity index (χ3v) is 14.0. The molecule has 0 spiro atoms. The number of carbonyl (C=O) groups excluding carboxylic acids is 1. The molecule has 0 bridgehead atoms. The maximum Gasteiger partial charge on any atom is 0.220 e. The van der Waals surface area contributed by atoms with Gasteiger partial charge in [-0.15, -0.1) is 0 Å². The van der Waals surface area contributed by atoms with Crippen molar-refractivity contribution in [1.29, 1.82) is 0 Å². The van der Waals surface area contributed by atoms with Crippen LogP contribution in [0.5, 0.6) is 0 Å². The molecule has 6 N–H and O–H groups in total. The lowest BCUT2D eigenvalue weighted by molar-refractivity contribution is -0.302. The summed E-state index contributed by atoms with van der Waals surface area (Å²) in [4.78, 5) is 13.1. The number of carbonyl (C=O) groups is 1. The topological polar surface area (TPSA) is 149 Å². The number of hydrogen-bond donors (Lipinski definition) is 6. The number of unbranched alkanes of at least 4 members (excludes halogenated alkanes) is 29. The van der Waals surface area contributed by atoms with Gasteiger partial charge < -0.3 is 40.3 Å². The number of rotatable bonds is 51. The summed E-state index contributed by atoms with van der Waals surface area (Å²) >= 11 is 0. The van der Waals surface area contributed by atoms with Gasteiger partial charge in [0.25, 0.3) is 0 Å². The van der Waals surface area contributed by atoms with Gasteiger partial charge in [0.05, 0.1) is 25.4 Å². The molecule has 7 unspecified atom stereocenters. The van der Waals surface area contributed by atoms with Crippen molar-refractivity contribution in [3.63, 3.8) is 0 Å². The van der Waals surface area contributed by atoms with Crippen molar-refractivity contribution in [2.75, 3.05) is 13.2 Å². The first-order valence-corrected chi connectivity index (χ1v) is 30.3. The van der Waals surface area contributed by atoms with Crippen molar-refractivity contribution in [3.05, 3.63) is 85.1 Å². The Bertz CT molecular complexity index is 1420. The summed E-state index contributed by atoms with van der Waals surface area (Å²) in [6, 6.07) is -0.839. The Kier molecular flexibility index (Phi) is 49.5. The van der Waals surface area contributed by atoms with Gasteiger partial charge in [0.1, 0.15) is 24.4 Å². The molecule has 1 aliphatic heterocycles. The Hall–Kier alpha value is -2.63. The molecule has 422 valence electrons. The minimum absolute atomic E-state index is 0.206. The predicted octanol–water partition coefficient (Wildman–Crippen LogP) is 15.4. The number of hydrogen-bond acceptors (Lipinski definition) is 8. The van der Waals surface area contributed by atoms with Crippen LogP contribution in [0.15, 0.2) is 85.1 Å². The number of amides is 1. The predicted molar refractivity (Wildman–Crippen MR) is 308 cm³/mol. The molecule has 9 nitrogen and oxygen atoms in total. The van der Waals surface area contributed by atoms with Crippen LogP contribution in [0.2, 0.25) is 0 Å². The molecule has 0 aliphatic carbocycles. The third kappa shape index (κ3) is 42.2. The van der Waals surface area contributed by atoms with Crippen molar-refractivity contribution in [3.8, 4) is 0 Å². The number of aliphatic hydroxyl groups is 5. The van der Waals surface area contributed by atoms with E-state index in [1.165, 1.54) is 148 Å². The smallest absolute Gasteiger partial charge is 0.220 e. The maximum absolute atomic E-state index is 13.1. The molecule has 1 aliphatic rings. The Morgan fingerprint density at radius 2 is 0.863 bits per heavy atom. The lowest BCUT2D eigenvalue weighted by atomic mass is 9.99. The summed E-state index contributed by atoms with van der Waals surface area (Å²) in [6.45, 7) is 3.65. The summed E-state index contributed by atoms with van der Waals surface area (Å²) < 4.78 is 11.3. The van der Waals surface area contributed by atoms with Crippen LogP contribution in [-0.2, 0) is 14.3 Å². The van der Waals surface area contributed by atoms with Crippen LogP contribution in [0, 0.1) is 0 Å². The minimum Gasteiger partial charge on any atom is -0.394 e. The van der Waals surface area contributed by atoms with Gasteiger partial charge in [0, 0.05) is 6.42 Å². The quantitative estimate of drug-likeness (QED) is 0.0261. The average Bonchev–Trinajstić information content (AvgIpc) is 3.39. The first-order chi connectivity index (χ1) is 35.8. The van der Waals surface area contributed by atoms with Crippen LogP contribution in [-0.4, -0.2) is 87.5 Å². The van der Waals surface area contributed by atoms with Crippen LogP contribution >= 0.6 is 0 Å². The Morgan fingerprint density at radius 3 is 1.32 bits per heavy atom. The van der Waals surface area contributed by atoms with E-state index >= 15 is 0 Å². The summed E-state index contributed by atoms with van der Waals surface area (Å²) in [7, 11) is 0. The SMILES string of the molecule is CC/C=C\C/C=C\C/C=C\C/C=C\C/C=C\CCCCCCCC(=O)NC(COC1OC(CO)C(O)C(O)C1O)C(O)/C=C/CC/C=C/CCCCCCCCCCCCCCCCCCCCCCCCC. The van der Waals surface area contributed by atoms with Crippen LogP contribution in [0.25, 0.3) is 0 Å². The number of ether oxygens (including phenoxy) is 2. The van der Waals surface area contributed by atoms with E-state index < -0.39 is 49.5 Å². The standard InChI is InChI=1S/C64H113NO8/c1-3-5-7-9-11-13-15-17-19-21-23-25-26-27-28-29-30-31-32-34-35-37-39-41-43-45-47-49-51-53-58(67)57(56-72-64-63(71)62(70)61(69)59(55-66)73-64)65-60(68)54-52-50-48-46-44-42-40-38-36-33-24-22-20-18-16-14-12-10-8-6-4-2/h6,8,12,14,18,20,24,33,38,40,43,45,51,53,57-59,61-64,66-67,69-71H,3-5,7,9-11,13,15-17,19,21-23,25-32,34-37,39,41-42,44,46-50,52,54-56H2,1-2H3,(H,65,68)/b8-6-,14-12-,20-18-,33-24-,40-38-,45-43+,53-51+. The Balaban J connectivity index is 2.24. The molecule has 1 amide bonds. The van der Waals surface area contributed by atoms with E-state index in [0.717, 1.165) is 89.9 Å². The highest BCUT2D eigenvalue weighted by atomic mass is 16.7. The van der Waals surface area contributed by atoms with Gasteiger partial charge in [-0.05, 0) is 77.0 Å². The zero-order chi connectivity index (χ0) is 52.9. The van der Waals surface area contributed by atoms with Crippen molar-refractivity contribution >= 4 is 5.91 Å². The third-order valence-electron chi connectivity index (χ3n) is 14.0. The van der Waals surface area contributed by atoms with Gasteiger partial charge in [0.2, 0.25) is 5.91 Å². The molecule has 0 aromatic rings. The number of nitrogens with one attached hydrogen (secondary N) is 1. The summed E-state index contributed by atoms with van der Waals surface area (Å²) in [5.74, 6) is -0.206. The molecule has 1 rings (SSSR count). The molecule has 0 aromatic carbocycles. The van der Waals surface area contributed by atoms with Crippen LogP contribution in [0.4, 0.5) is 0 Å². The van der Waals surface area contributed by atoms with Gasteiger partial charge in [-0.1, -0.05) is 259 Å². The van der Waals surface area contributed by atoms with Crippen molar-refractivity contribution in [1.82, 2.24) is 5.32 Å². The molecule has 7 atom stereocenters. The molecule has 9 heteroatoms. The maximum atomic E-state index is 13.1. The van der Waals surface area contributed by atoms with E-state index in [-0.39, 0.29) is 12.5 Å². The lowest BCUT2D eigenvalue weighted by Gasteiger charge is -2.40. The largest absolute Gasteiger partial charge is 0.394 e. The summed E-state index contributed by atoms with van der Waals surface area (Å²) in [6.07, 6.45) is 68.0. The fourth-order valence-electron chi connectivity index (χ4n) is 9.20. The molecule has 1 saturated heterocycles. The zero-order valence-corrected chi connectivity index (χ0v) is 46.9. The first-order valence-electron chi connectivity index (χ1n) is 30.3. The van der Waals surface area contributed by atoms with E-state index in [1.807, 2.05) is 6.08 Å². The average molecular weight is 1020 g/mol. The molecular formula is C64H113NO8. The molecule has 1 fully saturated rings. The number of allylic oxidation sites excluding steroid dienone is 13. The zero-order valence-electron chi connectivity index (χ0n) is 46.9. The van der Waals surface area contributed by atoms with E-state index in [1.54, 1.807) is 6.08 Å². The number of aliphatic hydroxyl groups excluding tert-OH is 5. The van der Waals surface area contributed by atoms with E-state index in [4.69, 9.17) is 9.47 Å². The van der Waals surface area contributed by atoms with Gasteiger partial charge in [-0.2, -0.15) is 0 Å². The first kappa shape index (κ1) is 68.4. The van der Waals surface area contributed by atoms with Gasteiger partial charge in [0.15, 0.2) is 6.29 Å². The highest BCUT2D eigenvalue weighted by Gasteiger charge is 2.44. The molecular weight excluding hydrogens is 911 g/mol. The van der Waals surface area contributed by atoms with Crippen molar-refractivity contribution in [2.45, 2.75) is 301 Å². The molecule has 73 heavy (non-hydrogen) atoms. The molecule has 0 aromatic heterocycles. The minimum atomic E-state index is -1.58. The monoisotopic (exact) mass is 1020 g/mol. The van der Waals surface area contributed by atoms with E-state index in [9.17, 15) is 30.3 Å². The second kappa shape index (κ2) is 52.8. The second-order valence-corrected chi connectivity index (χ2v) is 20.8.